The molecule has 0 aliphatic carbocycles. The van der Waals surface area contributed by atoms with Gasteiger partial charge in [-0.25, -0.2) is 9.97 Å². The molecule has 178 valence electrons. The number of aromatic amines is 1. The quantitative estimate of drug-likeness (QED) is 0.444. The number of nitrogens with one attached hydrogen (secondary N) is 1. The Balaban J connectivity index is 1.41. The van der Waals surface area contributed by atoms with Gasteiger partial charge in [0, 0.05) is 31.9 Å². The lowest BCUT2D eigenvalue weighted by Gasteiger charge is -2.40. The summed E-state index contributed by atoms with van der Waals surface area (Å²) in [5.74, 6) is 0.148. The first kappa shape index (κ1) is 22.7. The number of amides is 1. The maximum Gasteiger partial charge on any atom is 0.443 e. The van der Waals surface area contributed by atoms with Crippen LogP contribution in [-0.2, 0) is 17.5 Å². The van der Waals surface area contributed by atoms with E-state index in [1.807, 2.05) is 30.0 Å². The fourth-order valence-corrected chi connectivity index (χ4v) is 5.16. The van der Waals surface area contributed by atoms with Crippen molar-refractivity contribution in [3.05, 3.63) is 46.7 Å². The van der Waals surface area contributed by atoms with Crippen LogP contribution >= 0.6 is 22.9 Å². The number of thiazole rings is 1. The second-order valence-corrected chi connectivity index (χ2v) is 9.43. The Kier molecular flexibility index (Phi) is 5.72. The van der Waals surface area contributed by atoms with Crippen molar-refractivity contribution in [3.63, 3.8) is 0 Å². The zero-order valence-electron chi connectivity index (χ0n) is 17.9. The number of rotatable bonds is 4. The van der Waals surface area contributed by atoms with Crippen molar-refractivity contribution in [3.8, 4) is 11.5 Å². The number of hydrogen-bond donors (Lipinski definition) is 1. The van der Waals surface area contributed by atoms with Gasteiger partial charge >= 0.3 is 6.18 Å². The molecule has 0 spiro atoms. The predicted molar refractivity (Wildman–Crippen MR) is 123 cm³/mol. The Labute approximate surface area is 201 Å². The maximum atomic E-state index is 13.6. The topological polar surface area (TPSA) is 82.9 Å². The number of halogens is 4. The minimum Gasteiger partial charge on any atom is -0.358 e. The summed E-state index contributed by atoms with van der Waals surface area (Å²) >= 11 is 6.46. The molecule has 1 aliphatic heterocycles. The number of piperazine rings is 1. The number of aromatic nitrogens is 5. The standard InChI is InChI=1S/C21H19ClF3N7OS/c1-12-9-30(6-7-32(12)16(33)11-31-10-13(22)8-26-31)19-17(29-20(34-19)21(23,24)25)18-27-14-4-2-3-5-15(14)28-18/h2-5,8,10,12H,6-7,9,11H2,1H3,(H,27,28)/t12-/m1/s1. The lowest BCUT2D eigenvalue weighted by Crippen LogP contribution is -2.54. The molecular weight excluding hydrogens is 491 g/mol. The molecule has 5 rings (SSSR count). The van der Waals surface area contributed by atoms with Crippen LogP contribution < -0.4 is 4.90 Å². The molecule has 4 aromatic rings. The van der Waals surface area contributed by atoms with Crippen molar-refractivity contribution in [1.82, 2.24) is 29.6 Å². The van der Waals surface area contributed by atoms with Gasteiger partial charge in [0.1, 0.15) is 17.2 Å². The maximum absolute atomic E-state index is 13.6. The van der Waals surface area contributed by atoms with Crippen molar-refractivity contribution in [2.24, 2.45) is 0 Å². The molecule has 4 heterocycles. The molecule has 8 nitrogen and oxygen atoms in total. The molecule has 1 aromatic carbocycles. The monoisotopic (exact) mass is 509 g/mol. The average Bonchev–Trinajstić information content (AvgIpc) is 3.50. The fourth-order valence-electron chi connectivity index (χ4n) is 4.03. The van der Waals surface area contributed by atoms with E-state index in [9.17, 15) is 18.0 Å². The summed E-state index contributed by atoms with van der Waals surface area (Å²) in [7, 11) is 0. The number of H-pyrrole nitrogens is 1. The van der Waals surface area contributed by atoms with Crippen molar-refractivity contribution >= 4 is 44.9 Å². The van der Waals surface area contributed by atoms with Crippen molar-refractivity contribution in [2.75, 3.05) is 24.5 Å². The van der Waals surface area contributed by atoms with Crippen LogP contribution in [0, 0.1) is 0 Å². The third kappa shape index (κ3) is 4.34. The molecule has 0 radical (unpaired) electrons. The highest BCUT2D eigenvalue weighted by Gasteiger charge is 2.39. The second-order valence-electron chi connectivity index (χ2n) is 8.01. The lowest BCUT2D eigenvalue weighted by atomic mass is 10.2. The number of fused-ring (bicyclic) bond motifs is 1. The molecule has 1 amide bonds. The first-order valence-electron chi connectivity index (χ1n) is 10.4. The van der Waals surface area contributed by atoms with Gasteiger partial charge in [0.25, 0.3) is 0 Å². The highest BCUT2D eigenvalue weighted by atomic mass is 35.5. The number of benzene rings is 1. The third-order valence-electron chi connectivity index (χ3n) is 5.60. The number of imidazole rings is 1. The molecule has 3 aromatic heterocycles. The first-order chi connectivity index (χ1) is 16.2. The number of anilines is 1. The number of para-hydroxylation sites is 2. The molecule has 13 heteroatoms. The highest BCUT2D eigenvalue weighted by Crippen LogP contribution is 2.42. The van der Waals surface area contributed by atoms with Gasteiger partial charge in [0.05, 0.1) is 22.3 Å². The van der Waals surface area contributed by atoms with Crippen LogP contribution in [0.25, 0.3) is 22.6 Å². The predicted octanol–water partition coefficient (Wildman–Crippen LogP) is 4.29. The summed E-state index contributed by atoms with van der Waals surface area (Å²) in [5, 5.41) is 3.92. The Morgan fingerprint density at radius 1 is 1.26 bits per heavy atom. The van der Waals surface area contributed by atoms with E-state index in [2.05, 4.69) is 20.1 Å². The van der Waals surface area contributed by atoms with E-state index in [1.54, 1.807) is 17.2 Å². The highest BCUT2D eigenvalue weighted by molar-refractivity contribution is 7.16. The Hall–Kier alpha value is -3.12. The molecule has 1 saturated heterocycles. The molecule has 34 heavy (non-hydrogen) atoms. The van der Waals surface area contributed by atoms with Crippen LogP contribution in [0.15, 0.2) is 36.7 Å². The van der Waals surface area contributed by atoms with Crippen molar-refractivity contribution < 1.29 is 18.0 Å². The van der Waals surface area contributed by atoms with Gasteiger partial charge in [-0.2, -0.15) is 18.3 Å². The number of alkyl halides is 3. The van der Waals surface area contributed by atoms with Gasteiger partial charge in [0.15, 0.2) is 5.82 Å². The van der Waals surface area contributed by atoms with E-state index in [0.717, 1.165) is 0 Å². The number of carbonyl (C=O) groups excluding carboxylic acids is 1. The Morgan fingerprint density at radius 3 is 2.74 bits per heavy atom. The van der Waals surface area contributed by atoms with Crippen LogP contribution in [0.5, 0.6) is 0 Å². The largest absolute Gasteiger partial charge is 0.443 e. The van der Waals surface area contributed by atoms with Crippen LogP contribution in [0.1, 0.15) is 11.9 Å². The minimum atomic E-state index is -4.57. The van der Waals surface area contributed by atoms with Crippen LogP contribution in [0.4, 0.5) is 18.2 Å². The van der Waals surface area contributed by atoms with Crippen molar-refractivity contribution in [2.45, 2.75) is 25.7 Å². The average molecular weight is 510 g/mol. The van der Waals surface area contributed by atoms with Gasteiger partial charge in [-0.15, -0.1) is 0 Å². The molecular formula is C21H19ClF3N7OS. The summed E-state index contributed by atoms with van der Waals surface area (Å²) in [4.78, 5) is 27.8. The lowest BCUT2D eigenvalue weighted by molar-refractivity contribution is -0.137. The number of carbonyl (C=O) groups is 1. The van der Waals surface area contributed by atoms with E-state index < -0.39 is 11.2 Å². The summed E-state index contributed by atoms with van der Waals surface area (Å²) in [6.07, 6.45) is -1.55. The molecule has 1 fully saturated rings. The Morgan fingerprint density at radius 2 is 2.06 bits per heavy atom. The van der Waals surface area contributed by atoms with Gasteiger partial charge in [-0.1, -0.05) is 35.1 Å². The van der Waals surface area contributed by atoms with Crippen LogP contribution in [0.2, 0.25) is 5.02 Å². The molecule has 1 aliphatic rings. The zero-order valence-corrected chi connectivity index (χ0v) is 19.5. The molecule has 1 N–H and O–H groups in total. The third-order valence-corrected chi connectivity index (χ3v) is 6.96. The van der Waals surface area contributed by atoms with E-state index in [4.69, 9.17) is 11.6 Å². The SMILES string of the molecule is C[C@@H]1CN(c2sc(C(F)(F)F)nc2-c2nc3ccccc3[nH]2)CCN1C(=O)Cn1cc(Cl)cn1. The molecule has 1 atom stereocenters. The first-order valence-corrected chi connectivity index (χ1v) is 11.6. The second kappa shape index (κ2) is 8.58. The van der Waals surface area contributed by atoms with Gasteiger partial charge in [-0.3, -0.25) is 9.48 Å². The van der Waals surface area contributed by atoms with Gasteiger partial charge in [0.2, 0.25) is 10.9 Å². The molecule has 0 saturated carbocycles. The molecule has 0 bridgehead atoms. The summed E-state index contributed by atoms with van der Waals surface area (Å²) in [6, 6.07) is 6.99. The van der Waals surface area contributed by atoms with Crippen LogP contribution in [0.3, 0.4) is 0 Å². The van der Waals surface area contributed by atoms with E-state index in [0.29, 0.717) is 52.0 Å². The summed E-state index contributed by atoms with van der Waals surface area (Å²) in [5.41, 5.74) is 1.52. The minimum absolute atomic E-state index is 0.0417. The van der Waals surface area contributed by atoms with Gasteiger partial charge in [-0.05, 0) is 19.1 Å². The fraction of sp³-hybridized carbons (Fsp3) is 0.333. The van der Waals surface area contributed by atoms with E-state index in [-0.39, 0.29) is 30.0 Å². The van der Waals surface area contributed by atoms with E-state index in [1.165, 1.54) is 10.9 Å². The Bertz CT molecular complexity index is 1310. The van der Waals surface area contributed by atoms with E-state index >= 15 is 0 Å². The summed E-state index contributed by atoms with van der Waals surface area (Å²) < 4.78 is 42.1. The van der Waals surface area contributed by atoms with Crippen LogP contribution in [-0.4, -0.2) is 61.2 Å². The zero-order chi connectivity index (χ0) is 24.0. The summed E-state index contributed by atoms with van der Waals surface area (Å²) in [6.45, 7) is 2.99. The number of hydrogen-bond acceptors (Lipinski definition) is 6. The van der Waals surface area contributed by atoms with Gasteiger partial charge < -0.3 is 14.8 Å². The van der Waals surface area contributed by atoms with Crippen molar-refractivity contribution in [1.29, 1.82) is 0 Å². The normalized spacial score (nSPS) is 17.0. The number of nitrogens with zero attached hydrogens (tertiary/aromatic N) is 6. The smallest absolute Gasteiger partial charge is 0.358 e. The molecule has 0 unspecified atom stereocenters.